The zero-order valence-corrected chi connectivity index (χ0v) is 10.9. The van der Waals surface area contributed by atoms with Crippen LogP contribution < -0.4 is 5.32 Å². The van der Waals surface area contributed by atoms with Crippen LogP contribution in [0.1, 0.15) is 18.7 Å². The van der Waals surface area contributed by atoms with Crippen molar-refractivity contribution in [3.63, 3.8) is 0 Å². The van der Waals surface area contributed by atoms with Crippen molar-refractivity contribution < 1.29 is 4.74 Å². The Labute approximate surface area is 103 Å². The molecule has 2 rings (SSSR count). The van der Waals surface area contributed by atoms with Crippen LogP contribution in [-0.4, -0.2) is 54.1 Å². The fourth-order valence-corrected chi connectivity index (χ4v) is 2.34. The van der Waals surface area contributed by atoms with E-state index in [1.165, 1.54) is 0 Å². The Morgan fingerprint density at radius 1 is 1.65 bits per heavy atom. The second kappa shape index (κ2) is 5.62. The Balaban J connectivity index is 2.07. The standard InChI is InChI=1S/C12H22N4O/c1-4-16-7-8-17-11(9-16)12(13-2)10-5-6-15(3)14-10/h5-6,11-13H,4,7-9H2,1-3H3. The summed E-state index contributed by atoms with van der Waals surface area (Å²) in [5.41, 5.74) is 1.05. The quantitative estimate of drug-likeness (QED) is 0.824. The highest BCUT2D eigenvalue weighted by Gasteiger charge is 2.29. The normalized spacial score (nSPS) is 23.8. The number of morpholine rings is 1. The SMILES string of the molecule is CCN1CCOC(C(NC)c2ccn(C)n2)C1. The van der Waals surface area contributed by atoms with E-state index in [9.17, 15) is 0 Å². The molecule has 96 valence electrons. The predicted molar refractivity (Wildman–Crippen MR) is 66.9 cm³/mol. The molecule has 0 radical (unpaired) electrons. The minimum Gasteiger partial charge on any atom is -0.374 e. The van der Waals surface area contributed by atoms with Crippen molar-refractivity contribution in [2.75, 3.05) is 33.3 Å². The van der Waals surface area contributed by atoms with Crippen LogP contribution in [0.5, 0.6) is 0 Å². The maximum absolute atomic E-state index is 5.87. The lowest BCUT2D eigenvalue weighted by atomic mass is 10.1. The largest absolute Gasteiger partial charge is 0.374 e. The first-order chi connectivity index (χ1) is 8.24. The van der Waals surface area contributed by atoms with Crippen molar-refractivity contribution in [1.29, 1.82) is 0 Å². The van der Waals surface area contributed by atoms with Gasteiger partial charge in [0.25, 0.3) is 0 Å². The van der Waals surface area contributed by atoms with Crippen LogP contribution in [0.25, 0.3) is 0 Å². The van der Waals surface area contributed by atoms with E-state index in [1.807, 2.05) is 25.0 Å². The number of likely N-dealkylation sites (N-methyl/N-ethyl adjacent to an activating group) is 2. The lowest BCUT2D eigenvalue weighted by Gasteiger charge is -2.35. The molecule has 1 saturated heterocycles. The fourth-order valence-electron chi connectivity index (χ4n) is 2.34. The number of aryl methyl sites for hydroxylation is 1. The van der Waals surface area contributed by atoms with Gasteiger partial charge in [0.05, 0.1) is 24.4 Å². The van der Waals surface area contributed by atoms with Crippen molar-refractivity contribution in [3.05, 3.63) is 18.0 Å². The summed E-state index contributed by atoms with van der Waals surface area (Å²) in [5.74, 6) is 0. The molecule has 1 aromatic heterocycles. The summed E-state index contributed by atoms with van der Waals surface area (Å²) in [6.07, 6.45) is 2.16. The number of nitrogens with one attached hydrogen (secondary N) is 1. The Bertz CT molecular complexity index is 352. The highest BCUT2D eigenvalue weighted by molar-refractivity contribution is 5.08. The number of aromatic nitrogens is 2. The van der Waals surface area contributed by atoms with E-state index in [-0.39, 0.29) is 12.1 Å². The van der Waals surface area contributed by atoms with Gasteiger partial charge in [-0.1, -0.05) is 6.92 Å². The molecular formula is C12H22N4O. The van der Waals surface area contributed by atoms with Crippen molar-refractivity contribution in [2.45, 2.75) is 19.1 Å². The molecule has 0 aromatic carbocycles. The summed E-state index contributed by atoms with van der Waals surface area (Å²) in [6.45, 7) is 6.09. The lowest BCUT2D eigenvalue weighted by molar-refractivity contribution is -0.0451. The minimum absolute atomic E-state index is 0.172. The first-order valence-corrected chi connectivity index (χ1v) is 6.25. The van der Waals surface area contributed by atoms with Gasteiger partial charge in [0.15, 0.2) is 0 Å². The van der Waals surface area contributed by atoms with Crippen molar-refractivity contribution >= 4 is 0 Å². The van der Waals surface area contributed by atoms with Gasteiger partial charge in [0.2, 0.25) is 0 Å². The highest BCUT2D eigenvalue weighted by atomic mass is 16.5. The molecule has 1 aliphatic heterocycles. The van der Waals surface area contributed by atoms with E-state index in [0.717, 1.165) is 31.9 Å². The molecule has 5 nitrogen and oxygen atoms in total. The molecule has 5 heteroatoms. The van der Waals surface area contributed by atoms with Crippen LogP contribution in [0.4, 0.5) is 0 Å². The van der Waals surface area contributed by atoms with Crippen LogP contribution in [-0.2, 0) is 11.8 Å². The number of rotatable bonds is 4. The van der Waals surface area contributed by atoms with E-state index in [4.69, 9.17) is 4.74 Å². The summed E-state index contributed by atoms with van der Waals surface area (Å²) < 4.78 is 7.71. The number of hydrogen-bond acceptors (Lipinski definition) is 4. The summed E-state index contributed by atoms with van der Waals surface area (Å²) in [5, 5.41) is 7.78. The van der Waals surface area contributed by atoms with E-state index in [1.54, 1.807) is 0 Å². The Kier molecular flexibility index (Phi) is 4.15. The molecule has 2 unspecified atom stereocenters. The summed E-state index contributed by atoms with van der Waals surface area (Å²) in [4.78, 5) is 2.42. The van der Waals surface area contributed by atoms with Gasteiger partial charge in [0, 0.05) is 26.3 Å². The first kappa shape index (κ1) is 12.5. The topological polar surface area (TPSA) is 42.3 Å². The van der Waals surface area contributed by atoms with Gasteiger partial charge in [0.1, 0.15) is 0 Å². The van der Waals surface area contributed by atoms with Crippen LogP contribution in [0.15, 0.2) is 12.3 Å². The molecule has 2 heterocycles. The maximum Gasteiger partial charge on any atom is 0.0912 e. The zero-order chi connectivity index (χ0) is 12.3. The molecule has 1 aromatic rings. The number of ether oxygens (including phenoxy) is 1. The molecule has 1 aliphatic rings. The minimum atomic E-state index is 0.172. The van der Waals surface area contributed by atoms with Gasteiger partial charge >= 0.3 is 0 Å². The molecular weight excluding hydrogens is 216 g/mol. The molecule has 17 heavy (non-hydrogen) atoms. The van der Waals surface area contributed by atoms with Gasteiger partial charge in [-0.05, 0) is 19.7 Å². The smallest absolute Gasteiger partial charge is 0.0912 e. The van der Waals surface area contributed by atoms with Crippen molar-refractivity contribution in [3.8, 4) is 0 Å². The molecule has 0 saturated carbocycles. The average Bonchev–Trinajstić information content (AvgIpc) is 2.77. The van der Waals surface area contributed by atoms with Crippen LogP contribution >= 0.6 is 0 Å². The Morgan fingerprint density at radius 2 is 2.47 bits per heavy atom. The lowest BCUT2D eigenvalue weighted by Crippen LogP contribution is -2.47. The predicted octanol–water partition coefficient (Wildman–Crippen LogP) is 0.401. The van der Waals surface area contributed by atoms with E-state index in [0.29, 0.717) is 0 Å². The highest BCUT2D eigenvalue weighted by Crippen LogP contribution is 2.20. The molecule has 1 N–H and O–H groups in total. The van der Waals surface area contributed by atoms with Gasteiger partial charge in [-0.25, -0.2) is 0 Å². The first-order valence-electron chi connectivity index (χ1n) is 6.25. The van der Waals surface area contributed by atoms with E-state index >= 15 is 0 Å². The third kappa shape index (κ3) is 2.86. The second-order valence-electron chi connectivity index (χ2n) is 4.48. The zero-order valence-electron chi connectivity index (χ0n) is 10.9. The number of nitrogens with zero attached hydrogens (tertiary/aromatic N) is 3. The fraction of sp³-hybridized carbons (Fsp3) is 0.750. The third-order valence-corrected chi connectivity index (χ3v) is 3.36. The average molecular weight is 238 g/mol. The van der Waals surface area contributed by atoms with Crippen LogP contribution in [0.3, 0.4) is 0 Å². The maximum atomic E-state index is 5.87. The molecule has 0 amide bonds. The molecule has 2 atom stereocenters. The van der Waals surface area contributed by atoms with Crippen molar-refractivity contribution in [2.24, 2.45) is 7.05 Å². The van der Waals surface area contributed by atoms with Crippen LogP contribution in [0.2, 0.25) is 0 Å². The molecule has 1 fully saturated rings. The molecule has 0 bridgehead atoms. The molecule has 0 spiro atoms. The second-order valence-corrected chi connectivity index (χ2v) is 4.48. The van der Waals surface area contributed by atoms with Gasteiger partial charge in [-0.15, -0.1) is 0 Å². The van der Waals surface area contributed by atoms with E-state index < -0.39 is 0 Å². The summed E-state index contributed by atoms with van der Waals surface area (Å²) in [6, 6.07) is 2.22. The van der Waals surface area contributed by atoms with Crippen LogP contribution in [0, 0.1) is 0 Å². The molecule has 0 aliphatic carbocycles. The van der Waals surface area contributed by atoms with Crippen molar-refractivity contribution in [1.82, 2.24) is 20.0 Å². The van der Waals surface area contributed by atoms with E-state index in [2.05, 4.69) is 28.3 Å². The monoisotopic (exact) mass is 238 g/mol. The third-order valence-electron chi connectivity index (χ3n) is 3.36. The van der Waals surface area contributed by atoms with Gasteiger partial charge in [-0.3, -0.25) is 9.58 Å². The van der Waals surface area contributed by atoms with Gasteiger partial charge in [-0.2, -0.15) is 5.10 Å². The number of hydrogen-bond donors (Lipinski definition) is 1. The summed E-state index contributed by atoms with van der Waals surface area (Å²) >= 11 is 0. The Hall–Kier alpha value is -0.910. The Morgan fingerprint density at radius 3 is 3.06 bits per heavy atom. The van der Waals surface area contributed by atoms with Gasteiger partial charge < -0.3 is 10.1 Å². The summed E-state index contributed by atoms with van der Waals surface area (Å²) in [7, 11) is 3.91.